The number of methoxy groups -OCH3 is 1. The van der Waals surface area contributed by atoms with E-state index in [0.29, 0.717) is 29.7 Å². The normalized spacial score (nSPS) is 19.8. The van der Waals surface area contributed by atoms with E-state index in [1.165, 1.54) is 26.0 Å². The molecule has 1 aromatic carbocycles. The van der Waals surface area contributed by atoms with Gasteiger partial charge in [-0.1, -0.05) is 6.92 Å². The standard InChI is InChI=1S/C16H24N2O3/c1-11(12-4-3-7-17-10-12)8-16(20)18-14-6-5-13(21-2)9-15(14)19/h5-6,9,11-12,17,19H,3-4,7-8,10H2,1-2H3,(H,18,20). The molecule has 3 N–H and O–H groups in total. The molecule has 1 aliphatic heterocycles. The van der Waals surface area contributed by atoms with E-state index in [0.717, 1.165) is 13.1 Å². The molecule has 5 heteroatoms. The molecule has 0 bridgehead atoms. The first-order chi connectivity index (χ1) is 10.1. The van der Waals surface area contributed by atoms with Gasteiger partial charge in [-0.05, 0) is 49.9 Å². The van der Waals surface area contributed by atoms with Crippen LogP contribution in [0.15, 0.2) is 18.2 Å². The SMILES string of the molecule is COc1ccc(NC(=O)CC(C)C2CCCNC2)c(O)c1. The molecule has 1 fully saturated rings. The van der Waals surface area contributed by atoms with Crippen LogP contribution in [-0.4, -0.2) is 31.2 Å². The molecule has 116 valence electrons. The van der Waals surface area contributed by atoms with Gasteiger partial charge in [-0.2, -0.15) is 0 Å². The topological polar surface area (TPSA) is 70.6 Å². The van der Waals surface area contributed by atoms with Crippen LogP contribution < -0.4 is 15.4 Å². The van der Waals surface area contributed by atoms with Crippen molar-refractivity contribution in [3.8, 4) is 11.5 Å². The number of aromatic hydroxyl groups is 1. The number of carbonyl (C=O) groups is 1. The zero-order valence-corrected chi connectivity index (χ0v) is 12.7. The smallest absolute Gasteiger partial charge is 0.224 e. The molecule has 0 spiro atoms. The van der Waals surface area contributed by atoms with Crippen LogP contribution >= 0.6 is 0 Å². The van der Waals surface area contributed by atoms with Gasteiger partial charge in [-0.15, -0.1) is 0 Å². The molecular formula is C16H24N2O3. The highest BCUT2D eigenvalue weighted by Gasteiger charge is 2.22. The lowest BCUT2D eigenvalue weighted by Gasteiger charge is -2.28. The number of anilines is 1. The van der Waals surface area contributed by atoms with Gasteiger partial charge < -0.3 is 20.5 Å². The van der Waals surface area contributed by atoms with E-state index >= 15 is 0 Å². The number of hydrogen-bond donors (Lipinski definition) is 3. The quantitative estimate of drug-likeness (QED) is 0.729. The van der Waals surface area contributed by atoms with Crippen LogP contribution in [0.3, 0.4) is 0 Å². The molecule has 0 aromatic heterocycles. The van der Waals surface area contributed by atoms with Crippen molar-refractivity contribution in [3.05, 3.63) is 18.2 Å². The first-order valence-electron chi connectivity index (χ1n) is 7.47. The average molecular weight is 292 g/mol. The van der Waals surface area contributed by atoms with Crippen molar-refractivity contribution < 1.29 is 14.6 Å². The number of amides is 1. The number of phenolic OH excluding ortho intramolecular Hbond substituents is 1. The van der Waals surface area contributed by atoms with Crippen molar-refractivity contribution in [2.75, 3.05) is 25.5 Å². The fourth-order valence-corrected chi connectivity index (χ4v) is 2.77. The van der Waals surface area contributed by atoms with E-state index in [1.54, 1.807) is 12.1 Å². The first-order valence-corrected chi connectivity index (χ1v) is 7.47. The lowest BCUT2D eigenvalue weighted by Crippen LogP contribution is -2.34. The molecule has 1 saturated heterocycles. The molecule has 1 heterocycles. The Balaban J connectivity index is 1.89. The molecule has 21 heavy (non-hydrogen) atoms. The molecule has 0 radical (unpaired) electrons. The van der Waals surface area contributed by atoms with Crippen molar-refractivity contribution in [1.82, 2.24) is 5.32 Å². The van der Waals surface area contributed by atoms with Crippen LogP contribution in [0, 0.1) is 11.8 Å². The van der Waals surface area contributed by atoms with Gasteiger partial charge in [0.25, 0.3) is 0 Å². The lowest BCUT2D eigenvalue weighted by molar-refractivity contribution is -0.117. The van der Waals surface area contributed by atoms with E-state index in [2.05, 4.69) is 17.6 Å². The third-order valence-corrected chi connectivity index (χ3v) is 4.13. The Morgan fingerprint density at radius 3 is 3.00 bits per heavy atom. The number of benzene rings is 1. The monoisotopic (exact) mass is 292 g/mol. The van der Waals surface area contributed by atoms with Crippen LogP contribution in [0.5, 0.6) is 11.5 Å². The van der Waals surface area contributed by atoms with E-state index < -0.39 is 0 Å². The minimum absolute atomic E-state index is 0.0229. The van der Waals surface area contributed by atoms with Gasteiger partial charge in [0.15, 0.2) is 0 Å². The summed E-state index contributed by atoms with van der Waals surface area (Å²) in [5.74, 6) is 1.41. The lowest BCUT2D eigenvalue weighted by atomic mass is 9.85. The van der Waals surface area contributed by atoms with E-state index in [9.17, 15) is 9.90 Å². The summed E-state index contributed by atoms with van der Waals surface area (Å²) in [4.78, 5) is 12.1. The van der Waals surface area contributed by atoms with Crippen molar-refractivity contribution >= 4 is 11.6 Å². The van der Waals surface area contributed by atoms with E-state index in [4.69, 9.17) is 4.74 Å². The third kappa shape index (κ3) is 4.36. The zero-order chi connectivity index (χ0) is 15.2. The second kappa shape index (κ2) is 7.31. The molecule has 2 atom stereocenters. The summed E-state index contributed by atoms with van der Waals surface area (Å²) in [6.45, 7) is 4.18. The summed E-state index contributed by atoms with van der Waals surface area (Å²) in [7, 11) is 1.53. The van der Waals surface area contributed by atoms with Crippen LogP contribution in [0.25, 0.3) is 0 Å². The number of ether oxygens (including phenoxy) is 1. The minimum atomic E-state index is -0.0615. The summed E-state index contributed by atoms with van der Waals surface area (Å²) in [6, 6.07) is 4.85. The highest BCUT2D eigenvalue weighted by molar-refractivity contribution is 5.92. The van der Waals surface area contributed by atoms with Gasteiger partial charge in [0.1, 0.15) is 11.5 Å². The molecule has 1 aliphatic rings. The maximum Gasteiger partial charge on any atom is 0.224 e. The van der Waals surface area contributed by atoms with Crippen molar-refractivity contribution in [1.29, 1.82) is 0 Å². The maximum absolute atomic E-state index is 12.1. The average Bonchev–Trinajstić information content (AvgIpc) is 2.50. The second-order valence-electron chi connectivity index (χ2n) is 5.72. The number of hydrogen-bond acceptors (Lipinski definition) is 4. The summed E-state index contributed by atoms with van der Waals surface area (Å²) in [5, 5.41) is 16.0. The number of rotatable bonds is 5. The Labute approximate surface area is 125 Å². The maximum atomic E-state index is 12.1. The van der Waals surface area contributed by atoms with Crippen molar-refractivity contribution in [3.63, 3.8) is 0 Å². The molecule has 2 rings (SSSR count). The van der Waals surface area contributed by atoms with Crippen LogP contribution in [0.4, 0.5) is 5.69 Å². The number of nitrogens with one attached hydrogen (secondary N) is 2. The molecular weight excluding hydrogens is 268 g/mol. The van der Waals surface area contributed by atoms with Gasteiger partial charge >= 0.3 is 0 Å². The predicted octanol–water partition coefficient (Wildman–Crippen LogP) is 2.37. The van der Waals surface area contributed by atoms with Crippen LogP contribution in [0.2, 0.25) is 0 Å². The predicted molar refractivity (Wildman–Crippen MR) is 82.7 cm³/mol. The molecule has 5 nitrogen and oxygen atoms in total. The molecule has 0 saturated carbocycles. The molecule has 2 unspecified atom stereocenters. The number of piperidine rings is 1. The summed E-state index contributed by atoms with van der Waals surface area (Å²) in [6.07, 6.45) is 2.82. The van der Waals surface area contributed by atoms with Crippen molar-refractivity contribution in [2.45, 2.75) is 26.2 Å². The van der Waals surface area contributed by atoms with Gasteiger partial charge in [-0.3, -0.25) is 4.79 Å². The second-order valence-corrected chi connectivity index (χ2v) is 5.72. The zero-order valence-electron chi connectivity index (χ0n) is 12.7. The fraction of sp³-hybridized carbons (Fsp3) is 0.562. The van der Waals surface area contributed by atoms with Gasteiger partial charge in [-0.25, -0.2) is 0 Å². The number of phenols is 1. The Morgan fingerprint density at radius 1 is 1.57 bits per heavy atom. The van der Waals surface area contributed by atoms with E-state index in [-0.39, 0.29) is 11.7 Å². The highest BCUT2D eigenvalue weighted by atomic mass is 16.5. The minimum Gasteiger partial charge on any atom is -0.506 e. The third-order valence-electron chi connectivity index (χ3n) is 4.13. The Hall–Kier alpha value is -1.75. The van der Waals surface area contributed by atoms with Crippen molar-refractivity contribution in [2.24, 2.45) is 11.8 Å². The first kappa shape index (κ1) is 15.6. The Morgan fingerprint density at radius 2 is 2.38 bits per heavy atom. The Bertz CT molecular complexity index is 484. The number of carbonyl (C=O) groups excluding carboxylic acids is 1. The van der Waals surface area contributed by atoms with Gasteiger partial charge in [0.2, 0.25) is 5.91 Å². The van der Waals surface area contributed by atoms with E-state index in [1.807, 2.05) is 0 Å². The summed E-state index contributed by atoms with van der Waals surface area (Å²) >= 11 is 0. The largest absolute Gasteiger partial charge is 0.506 e. The van der Waals surface area contributed by atoms with Crippen LogP contribution in [0.1, 0.15) is 26.2 Å². The fourth-order valence-electron chi connectivity index (χ4n) is 2.77. The molecule has 0 aliphatic carbocycles. The summed E-state index contributed by atoms with van der Waals surface area (Å²) in [5.41, 5.74) is 0.426. The van der Waals surface area contributed by atoms with Gasteiger partial charge in [0.05, 0.1) is 12.8 Å². The molecule has 1 amide bonds. The molecule has 1 aromatic rings. The summed E-state index contributed by atoms with van der Waals surface area (Å²) < 4.78 is 5.02. The Kier molecular flexibility index (Phi) is 5.44. The van der Waals surface area contributed by atoms with Crippen LogP contribution in [-0.2, 0) is 4.79 Å². The van der Waals surface area contributed by atoms with Gasteiger partial charge in [0, 0.05) is 12.5 Å². The highest BCUT2D eigenvalue weighted by Crippen LogP contribution is 2.29.